The zero-order chi connectivity index (χ0) is 6.28. The lowest BCUT2D eigenvalue weighted by atomic mass is 10.5. The Hall–Kier alpha value is -0.420. The first-order valence-electron chi connectivity index (χ1n) is 2.06. The van der Waals surface area contributed by atoms with Crippen molar-refractivity contribution in [2.24, 2.45) is 0 Å². The average Bonchev–Trinajstić information content (AvgIpc) is 1.73. The number of aliphatic hydroxyl groups is 2. The van der Waals surface area contributed by atoms with Crippen LogP contribution in [0.1, 0.15) is 6.92 Å². The van der Waals surface area contributed by atoms with E-state index in [4.69, 9.17) is 10.2 Å². The van der Waals surface area contributed by atoms with Crippen LogP contribution >= 0.6 is 0 Å². The fourth-order valence-electron chi connectivity index (χ4n) is 0. The molecule has 9 heavy (non-hydrogen) atoms. The molecular formula is C5H18N2O2. The molecule has 0 rings (SSSR count). The molecule has 0 aromatic rings. The first-order valence-corrected chi connectivity index (χ1v) is 2.06. The zero-order valence-electron chi connectivity index (χ0n) is 6.01. The normalized spacial score (nSPS) is 8.78. The van der Waals surface area contributed by atoms with E-state index < -0.39 is 6.10 Å². The van der Waals surface area contributed by atoms with Crippen LogP contribution < -0.4 is 12.3 Å². The van der Waals surface area contributed by atoms with Crippen molar-refractivity contribution >= 4 is 0 Å². The van der Waals surface area contributed by atoms with Crippen LogP contribution in [0, 0.1) is 0 Å². The number of aliphatic hydroxyl groups excluding tert-OH is 2. The third-order valence-corrected chi connectivity index (χ3v) is 0.264. The van der Waals surface area contributed by atoms with Gasteiger partial charge in [-0.15, -0.1) is 13.2 Å². The maximum atomic E-state index is 8.11. The Morgan fingerprint density at radius 1 is 1.33 bits per heavy atom. The third-order valence-electron chi connectivity index (χ3n) is 0.264. The molecule has 1 atom stereocenters. The predicted molar refractivity (Wildman–Crippen MR) is 40.1 cm³/mol. The average molecular weight is 138 g/mol. The lowest BCUT2D eigenvalue weighted by molar-refractivity contribution is 0.110. The van der Waals surface area contributed by atoms with Crippen molar-refractivity contribution in [1.29, 1.82) is 0 Å². The summed E-state index contributed by atoms with van der Waals surface area (Å²) in [6.07, 6.45) is -0.560. The highest BCUT2D eigenvalue weighted by Crippen LogP contribution is 1.68. The maximum absolute atomic E-state index is 8.11. The standard InChI is InChI=1S/C3H8O2.C2H4.2H3N/c1-3(5)2-4;1-2;;/h3-5H,2H2,1H3;1-2H2;2*1H3. The monoisotopic (exact) mass is 138 g/mol. The largest absolute Gasteiger partial charge is 0.394 e. The van der Waals surface area contributed by atoms with Crippen LogP contribution in [0.4, 0.5) is 0 Å². The molecule has 0 aliphatic rings. The van der Waals surface area contributed by atoms with Gasteiger partial charge >= 0.3 is 0 Å². The minimum absolute atomic E-state index is 0. The van der Waals surface area contributed by atoms with E-state index in [1.165, 1.54) is 6.92 Å². The molecule has 0 bridgehead atoms. The molecule has 4 heteroatoms. The molecule has 0 heterocycles. The predicted octanol–water partition coefficient (Wildman–Crippen LogP) is 0.486. The summed E-state index contributed by atoms with van der Waals surface area (Å²) >= 11 is 0. The smallest absolute Gasteiger partial charge is 0.0742 e. The van der Waals surface area contributed by atoms with Crippen LogP contribution in [0.15, 0.2) is 13.2 Å². The van der Waals surface area contributed by atoms with Crippen molar-refractivity contribution in [1.82, 2.24) is 12.3 Å². The van der Waals surface area contributed by atoms with Crippen molar-refractivity contribution in [2.75, 3.05) is 6.61 Å². The van der Waals surface area contributed by atoms with Gasteiger partial charge in [0.1, 0.15) is 0 Å². The van der Waals surface area contributed by atoms with Gasteiger partial charge in [-0.3, -0.25) is 0 Å². The molecule has 0 saturated carbocycles. The quantitative estimate of drug-likeness (QED) is 0.395. The molecule has 0 aromatic carbocycles. The zero-order valence-corrected chi connectivity index (χ0v) is 6.01. The van der Waals surface area contributed by atoms with Gasteiger partial charge in [-0.25, -0.2) is 0 Å². The Kier molecular flexibility index (Phi) is 66.9. The second-order valence-electron chi connectivity index (χ2n) is 1.03. The van der Waals surface area contributed by atoms with Gasteiger partial charge in [0.2, 0.25) is 0 Å². The van der Waals surface area contributed by atoms with E-state index in [1.807, 2.05) is 0 Å². The van der Waals surface area contributed by atoms with Crippen LogP contribution in [0.25, 0.3) is 0 Å². The van der Waals surface area contributed by atoms with Crippen molar-refractivity contribution in [3.63, 3.8) is 0 Å². The van der Waals surface area contributed by atoms with Crippen molar-refractivity contribution in [3.05, 3.63) is 13.2 Å². The van der Waals surface area contributed by atoms with E-state index in [0.717, 1.165) is 0 Å². The molecule has 4 nitrogen and oxygen atoms in total. The van der Waals surface area contributed by atoms with Crippen molar-refractivity contribution in [3.8, 4) is 0 Å². The lowest BCUT2D eigenvalue weighted by Crippen LogP contribution is -2.03. The van der Waals surface area contributed by atoms with Gasteiger partial charge in [0.05, 0.1) is 12.7 Å². The SMILES string of the molecule is C=C.CC(O)CO.N.N. The van der Waals surface area contributed by atoms with Crippen molar-refractivity contribution < 1.29 is 10.2 Å². The third kappa shape index (κ3) is 94.5. The van der Waals surface area contributed by atoms with Gasteiger partial charge in [0, 0.05) is 0 Å². The summed E-state index contributed by atoms with van der Waals surface area (Å²) in [5.74, 6) is 0. The summed E-state index contributed by atoms with van der Waals surface area (Å²) in [5, 5.41) is 16.0. The molecule has 0 aromatic heterocycles. The molecule has 1 unspecified atom stereocenters. The van der Waals surface area contributed by atoms with E-state index in [-0.39, 0.29) is 18.9 Å². The Labute approximate surface area is 56.4 Å². The molecule has 0 saturated heterocycles. The summed E-state index contributed by atoms with van der Waals surface area (Å²) in [5.41, 5.74) is 0. The van der Waals surface area contributed by atoms with Crippen molar-refractivity contribution in [2.45, 2.75) is 13.0 Å². The van der Waals surface area contributed by atoms with Gasteiger partial charge < -0.3 is 22.5 Å². The fourth-order valence-corrected chi connectivity index (χ4v) is 0. The van der Waals surface area contributed by atoms with Crippen LogP contribution in [0.5, 0.6) is 0 Å². The maximum Gasteiger partial charge on any atom is 0.0742 e. The van der Waals surface area contributed by atoms with Crippen LogP contribution in [-0.4, -0.2) is 22.9 Å². The summed E-state index contributed by atoms with van der Waals surface area (Å²) < 4.78 is 0. The van der Waals surface area contributed by atoms with E-state index in [2.05, 4.69) is 13.2 Å². The molecule has 0 fully saturated rings. The molecule has 8 N–H and O–H groups in total. The highest BCUT2D eigenvalue weighted by molar-refractivity contribution is 4.34. The molecule has 0 spiro atoms. The van der Waals surface area contributed by atoms with E-state index in [0.29, 0.717) is 0 Å². The Bertz CT molecular complexity index is 34.1. The topological polar surface area (TPSA) is 110 Å². The number of hydrogen-bond acceptors (Lipinski definition) is 4. The molecule has 0 amide bonds. The van der Waals surface area contributed by atoms with Crippen LogP contribution in [0.2, 0.25) is 0 Å². The number of hydrogen-bond donors (Lipinski definition) is 4. The lowest BCUT2D eigenvalue weighted by Gasteiger charge is -1.90. The Morgan fingerprint density at radius 3 is 1.44 bits per heavy atom. The summed E-state index contributed by atoms with van der Waals surface area (Å²) in [6.45, 7) is 7.39. The first kappa shape index (κ1) is 23.5. The summed E-state index contributed by atoms with van der Waals surface area (Å²) in [4.78, 5) is 0. The fraction of sp³-hybridized carbons (Fsp3) is 0.600. The highest BCUT2D eigenvalue weighted by Gasteiger charge is 1.83. The Morgan fingerprint density at radius 2 is 1.44 bits per heavy atom. The minimum Gasteiger partial charge on any atom is -0.394 e. The second-order valence-corrected chi connectivity index (χ2v) is 1.03. The molecular weight excluding hydrogens is 120 g/mol. The first-order chi connectivity index (χ1) is 3.27. The number of rotatable bonds is 1. The molecule has 60 valence electrons. The van der Waals surface area contributed by atoms with Gasteiger partial charge in [-0.05, 0) is 6.92 Å². The van der Waals surface area contributed by atoms with E-state index in [9.17, 15) is 0 Å². The van der Waals surface area contributed by atoms with Gasteiger partial charge in [-0.2, -0.15) is 0 Å². The second kappa shape index (κ2) is 25.6. The molecule has 0 aliphatic heterocycles. The molecule has 0 radical (unpaired) electrons. The van der Waals surface area contributed by atoms with Gasteiger partial charge in [0.15, 0.2) is 0 Å². The molecule has 0 aliphatic carbocycles. The summed E-state index contributed by atoms with van der Waals surface area (Å²) in [6, 6.07) is 0. The van der Waals surface area contributed by atoms with Gasteiger partial charge in [0.25, 0.3) is 0 Å². The van der Waals surface area contributed by atoms with Crippen LogP contribution in [0.3, 0.4) is 0 Å². The minimum atomic E-state index is -0.560. The van der Waals surface area contributed by atoms with Crippen LogP contribution in [-0.2, 0) is 0 Å². The van der Waals surface area contributed by atoms with Gasteiger partial charge in [-0.1, -0.05) is 0 Å². The highest BCUT2D eigenvalue weighted by atomic mass is 16.3. The Balaban J connectivity index is -0.0000000286. The van der Waals surface area contributed by atoms with E-state index in [1.54, 1.807) is 0 Å². The van der Waals surface area contributed by atoms with E-state index >= 15 is 0 Å². The summed E-state index contributed by atoms with van der Waals surface area (Å²) in [7, 11) is 0.